The standard InChI is InChI=1S/C17H18N4O3/c22-15(19-11-5-6-11)9-21-16(23)14(20-17(21)24)7-10-8-18-13-4-2-1-3-12(10)13/h1-4,8,11,14,18H,5-7,9H2,(H,19,22)(H,20,24)/t14-/m0/s1. The number of imide groups is 1. The molecule has 1 aromatic carbocycles. The summed E-state index contributed by atoms with van der Waals surface area (Å²) >= 11 is 0. The van der Waals surface area contributed by atoms with Crippen molar-refractivity contribution in [3.8, 4) is 0 Å². The molecular weight excluding hydrogens is 308 g/mol. The van der Waals surface area contributed by atoms with Gasteiger partial charge in [0.2, 0.25) is 5.91 Å². The normalized spacial score (nSPS) is 20.5. The smallest absolute Gasteiger partial charge is 0.325 e. The number of aromatic amines is 1. The molecule has 2 aromatic rings. The van der Waals surface area contributed by atoms with Crippen molar-refractivity contribution in [3.63, 3.8) is 0 Å². The molecule has 0 unspecified atom stereocenters. The maximum atomic E-state index is 12.5. The number of nitrogens with one attached hydrogen (secondary N) is 3. The zero-order valence-electron chi connectivity index (χ0n) is 13.0. The summed E-state index contributed by atoms with van der Waals surface area (Å²) in [5, 5.41) is 6.50. The van der Waals surface area contributed by atoms with E-state index in [1.807, 2.05) is 30.5 Å². The highest BCUT2D eigenvalue weighted by Crippen LogP contribution is 2.21. The van der Waals surface area contributed by atoms with E-state index in [-0.39, 0.29) is 24.4 Å². The van der Waals surface area contributed by atoms with Gasteiger partial charge in [-0.05, 0) is 24.5 Å². The van der Waals surface area contributed by atoms with Crippen LogP contribution < -0.4 is 10.6 Å². The van der Waals surface area contributed by atoms with Gasteiger partial charge in [-0.25, -0.2) is 4.79 Å². The van der Waals surface area contributed by atoms with Gasteiger partial charge in [0.15, 0.2) is 0 Å². The van der Waals surface area contributed by atoms with Crippen molar-refractivity contribution < 1.29 is 14.4 Å². The number of amides is 4. The first-order valence-corrected chi connectivity index (χ1v) is 8.08. The Kier molecular flexibility index (Phi) is 3.48. The van der Waals surface area contributed by atoms with Crippen LogP contribution in [0, 0.1) is 0 Å². The molecule has 3 N–H and O–H groups in total. The minimum Gasteiger partial charge on any atom is -0.361 e. The van der Waals surface area contributed by atoms with E-state index in [9.17, 15) is 14.4 Å². The van der Waals surface area contributed by atoms with Gasteiger partial charge in [0.05, 0.1) is 0 Å². The molecule has 7 heteroatoms. The molecule has 2 heterocycles. The molecule has 2 aliphatic rings. The van der Waals surface area contributed by atoms with E-state index in [0.717, 1.165) is 34.2 Å². The second-order valence-electron chi connectivity index (χ2n) is 6.33. The van der Waals surface area contributed by atoms with Crippen LogP contribution in [0.3, 0.4) is 0 Å². The summed E-state index contributed by atoms with van der Waals surface area (Å²) in [7, 11) is 0. The summed E-state index contributed by atoms with van der Waals surface area (Å²) in [6, 6.07) is 6.88. The predicted octanol–water partition coefficient (Wildman–Crippen LogP) is 0.909. The van der Waals surface area contributed by atoms with Gasteiger partial charge >= 0.3 is 6.03 Å². The third kappa shape index (κ3) is 2.73. The zero-order valence-corrected chi connectivity index (χ0v) is 13.0. The number of fused-ring (bicyclic) bond motifs is 1. The number of nitrogens with zero attached hydrogens (tertiary/aromatic N) is 1. The summed E-state index contributed by atoms with van der Waals surface area (Å²) in [5.74, 6) is -0.634. The number of aromatic nitrogens is 1. The first-order valence-electron chi connectivity index (χ1n) is 8.08. The van der Waals surface area contributed by atoms with Crippen molar-refractivity contribution in [1.82, 2.24) is 20.5 Å². The van der Waals surface area contributed by atoms with Crippen molar-refractivity contribution in [1.29, 1.82) is 0 Å². The van der Waals surface area contributed by atoms with E-state index in [1.54, 1.807) is 0 Å². The maximum Gasteiger partial charge on any atom is 0.325 e. The fraction of sp³-hybridized carbons (Fsp3) is 0.353. The Morgan fingerprint density at radius 1 is 1.25 bits per heavy atom. The van der Waals surface area contributed by atoms with Crippen LogP contribution in [0.2, 0.25) is 0 Å². The maximum absolute atomic E-state index is 12.5. The van der Waals surface area contributed by atoms with Crippen molar-refractivity contribution in [3.05, 3.63) is 36.0 Å². The van der Waals surface area contributed by atoms with E-state index in [4.69, 9.17) is 0 Å². The van der Waals surface area contributed by atoms with Crippen molar-refractivity contribution in [2.75, 3.05) is 6.54 Å². The van der Waals surface area contributed by atoms with Gasteiger partial charge in [0, 0.05) is 29.6 Å². The number of urea groups is 1. The lowest BCUT2D eigenvalue weighted by atomic mass is 10.1. The average molecular weight is 326 g/mol. The number of benzene rings is 1. The van der Waals surface area contributed by atoms with E-state index in [0.29, 0.717) is 6.42 Å². The monoisotopic (exact) mass is 326 g/mol. The van der Waals surface area contributed by atoms with Crippen LogP contribution >= 0.6 is 0 Å². The minimum atomic E-state index is -0.634. The molecule has 24 heavy (non-hydrogen) atoms. The molecular formula is C17H18N4O3. The van der Waals surface area contributed by atoms with Gasteiger partial charge in [-0.3, -0.25) is 14.5 Å². The molecule has 0 radical (unpaired) electrons. The number of H-pyrrole nitrogens is 1. The topological polar surface area (TPSA) is 94.3 Å². The molecule has 1 aromatic heterocycles. The number of carbonyl (C=O) groups is 3. The second-order valence-corrected chi connectivity index (χ2v) is 6.33. The zero-order chi connectivity index (χ0) is 16.7. The Morgan fingerprint density at radius 2 is 2.04 bits per heavy atom. The summed E-state index contributed by atoms with van der Waals surface area (Å²) in [6.07, 6.45) is 4.19. The molecule has 1 saturated heterocycles. The molecule has 1 atom stereocenters. The number of hydrogen-bond acceptors (Lipinski definition) is 3. The largest absolute Gasteiger partial charge is 0.361 e. The lowest BCUT2D eigenvalue weighted by Crippen LogP contribution is -2.41. The fourth-order valence-corrected chi connectivity index (χ4v) is 3.03. The molecule has 124 valence electrons. The molecule has 4 rings (SSSR count). The molecule has 0 spiro atoms. The quantitative estimate of drug-likeness (QED) is 0.713. The van der Waals surface area contributed by atoms with Crippen LogP contribution in [0.4, 0.5) is 4.79 Å². The molecule has 1 aliphatic carbocycles. The van der Waals surface area contributed by atoms with E-state index in [1.165, 1.54) is 0 Å². The summed E-state index contributed by atoms with van der Waals surface area (Å²) in [6.45, 7) is -0.217. The summed E-state index contributed by atoms with van der Waals surface area (Å²) in [4.78, 5) is 40.5. The Morgan fingerprint density at radius 3 is 2.83 bits per heavy atom. The fourth-order valence-electron chi connectivity index (χ4n) is 3.03. The number of rotatable bonds is 5. The van der Waals surface area contributed by atoms with Crippen molar-refractivity contribution in [2.24, 2.45) is 0 Å². The SMILES string of the molecule is O=C(CN1C(=O)N[C@@H](Cc2c[nH]c3ccccc23)C1=O)NC1CC1. The average Bonchev–Trinajstić information content (AvgIpc) is 3.23. The van der Waals surface area contributed by atoms with Crippen molar-refractivity contribution in [2.45, 2.75) is 31.3 Å². The van der Waals surface area contributed by atoms with E-state index < -0.39 is 12.1 Å². The molecule has 1 aliphatic heterocycles. The van der Waals surface area contributed by atoms with Gasteiger partial charge in [0.25, 0.3) is 5.91 Å². The van der Waals surface area contributed by atoms with Crippen LogP contribution in [0.15, 0.2) is 30.5 Å². The van der Waals surface area contributed by atoms with Crippen LogP contribution in [-0.4, -0.2) is 46.4 Å². The number of carbonyl (C=O) groups excluding carboxylic acids is 3. The Bertz CT molecular complexity index is 824. The first kappa shape index (κ1) is 14.7. The number of para-hydroxylation sites is 1. The van der Waals surface area contributed by atoms with Crippen LogP contribution in [0.1, 0.15) is 18.4 Å². The predicted molar refractivity (Wildman–Crippen MR) is 87.2 cm³/mol. The van der Waals surface area contributed by atoms with Crippen LogP contribution in [0.5, 0.6) is 0 Å². The summed E-state index contributed by atoms with van der Waals surface area (Å²) in [5.41, 5.74) is 1.96. The van der Waals surface area contributed by atoms with Gasteiger partial charge in [-0.15, -0.1) is 0 Å². The molecule has 0 bridgehead atoms. The van der Waals surface area contributed by atoms with Gasteiger partial charge in [-0.1, -0.05) is 18.2 Å². The Labute approximate surface area is 138 Å². The van der Waals surface area contributed by atoms with Gasteiger partial charge in [0.1, 0.15) is 12.6 Å². The number of hydrogen-bond donors (Lipinski definition) is 3. The third-order valence-corrected chi connectivity index (χ3v) is 4.45. The highest BCUT2D eigenvalue weighted by molar-refractivity contribution is 6.06. The Balaban J connectivity index is 1.45. The van der Waals surface area contributed by atoms with E-state index in [2.05, 4.69) is 15.6 Å². The molecule has 4 amide bonds. The summed E-state index contributed by atoms with van der Waals surface area (Å²) < 4.78 is 0. The lowest BCUT2D eigenvalue weighted by Gasteiger charge is -2.12. The third-order valence-electron chi connectivity index (χ3n) is 4.45. The van der Waals surface area contributed by atoms with Gasteiger partial charge < -0.3 is 15.6 Å². The molecule has 2 fully saturated rings. The Hall–Kier alpha value is -2.83. The van der Waals surface area contributed by atoms with E-state index >= 15 is 0 Å². The highest BCUT2D eigenvalue weighted by Gasteiger charge is 2.39. The first-order chi connectivity index (χ1) is 11.6. The van der Waals surface area contributed by atoms with Crippen molar-refractivity contribution >= 4 is 28.7 Å². The second kappa shape index (κ2) is 5.67. The molecule has 1 saturated carbocycles. The van der Waals surface area contributed by atoms with Crippen LogP contribution in [0.25, 0.3) is 10.9 Å². The highest BCUT2D eigenvalue weighted by atomic mass is 16.2. The van der Waals surface area contributed by atoms with Gasteiger partial charge in [-0.2, -0.15) is 0 Å². The minimum absolute atomic E-state index is 0.209. The molecule has 7 nitrogen and oxygen atoms in total. The van der Waals surface area contributed by atoms with Crippen LogP contribution in [-0.2, 0) is 16.0 Å². The lowest BCUT2D eigenvalue weighted by molar-refractivity contribution is -0.132.